The molecule has 2 N–H and O–H groups in total. The van der Waals surface area contributed by atoms with Crippen molar-refractivity contribution in [1.29, 1.82) is 0 Å². The second-order valence-corrected chi connectivity index (χ2v) is 6.28. The Hall–Kier alpha value is -3.65. The van der Waals surface area contributed by atoms with Crippen molar-refractivity contribution < 1.29 is 15.0 Å². The van der Waals surface area contributed by atoms with Crippen LogP contribution >= 0.6 is 11.6 Å². The molecule has 0 aliphatic rings. The molecule has 0 radical (unpaired) electrons. The third-order valence-electron chi connectivity index (χ3n) is 3.93. The largest absolute Gasteiger partial charge is 0.545 e. The third-order valence-corrected chi connectivity index (χ3v) is 4.26. The van der Waals surface area contributed by atoms with Crippen molar-refractivity contribution in [2.24, 2.45) is 4.99 Å². The van der Waals surface area contributed by atoms with Gasteiger partial charge in [0.15, 0.2) is 0 Å². The van der Waals surface area contributed by atoms with Crippen molar-refractivity contribution in [3.63, 3.8) is 0 Å². The Kier molecular flexibility index (Phi) is 5.14. The van der Waals surface area contributed by atoms with Crippen LogP contribution in [0.4, 0.5) is 5.69 Å². The number of rotatable bonds is 4. The summed E-state index contributed by atoms with van der Waals surface area (Å²) in [5.41, 5.74) is -0.726. The molecule has 8 nitrogen and oxygen atoms in total. The van der Waals surface area contributed by atoms with E-state index in [9.17, 15) is 24.6 Å². The summed E-state index contributed by atoms with van der Waals surface area (Å²) >= 11 is 5.77. The quantitative estimate of drug-likeness (QED) is 0.640. The van der Waals surface area contributed by atoms with Gasteiger partial charge in [-0.3, -0.25) is 14.8 Å². The van der Waals surface area contributed by atoms with Gasteiger partial charge in [0.05, 0.1) is 17.3 Å². The Bertz CT molecular complexity index is 1210. The van der Waals surface area contributed by atoms with Crippen LogP contribution in [-0.4, -0.2) is 26.8 Å². The zero-order chi connectivity index (χ0) is 20.4. The van der Waals surface area contributed by atoms with E-state index < -0.39 is 23.1 Å². The van der Waals surface area contributed by atoms with E-state index in [1.807, 2.05) is 6.92 Å². The molecule has 0 unspecified atom stereocenters. The molecular formula is C19H13ClN3O5-. The Balaban J connectivity index is 2.09. The molecule has 142 valence electrons. The molecule has 2 aromatic carbocycles. The number of aliphatic imine (C=N–C) groups is 1. The van der Waals surface area contributed by atoms with Crippen molar-refractivity contribution in [3.8, 4) is 11.6 Å². The highest BCUT2D eigenvalue weighted by atomic mass is 35.5. The maximum Gasteiger partial charge on any atom is 0.335 e. The van der Waals surface area contributed by atoms with E-state index in [-0.39, 0.29) is 21.8 Å². The summed E-state index contributed by atoms with van der Waals surface area (Å²) in [6, 6.07) is 10.6. The van der Waals surface area contributed by atoms with Gasteiger partial charge in [-0.2, -0.15) is 0 Å². The van der Waals surface area contributed by atoms with Gasteiger partial charge in [0, 0.05) is 16.8 Å². The molecule has 0 aliphatic heterocycles. The molecule has 3 aromatic rings. The van der Waals surface area contributed by atoms with E-state index in [2.05, 4.69) is 9.98 Å². The first-order valence-electron chi connectivity index (χ1n) is 7.98. The number of aromatic amines is 1. The Morgan fingerprint density at radius 1 is 1.21 bits per heavy atom. The molecule has 0 spiro atoms. The van der Waals surface area contributed by atoms with E-state index >= 15 is 0 Å². The maximum atomic E-state index is 12.1. The number of aromatic carboxylic acids is 1. The predicted octanol–water partition coefficient (Wildman–Crippen LogP) is 1.31. The lowest BCUT2D eigenvalue weighted by Gasteiger charge is -2.10. The zero-order valence-electron chi connectivity index (χ0n) is 14.5. The summed E-state index contributed by atoms with van der Waals surface area (Å²) in [6.45, 7) is 1.87. The van der Waals surface area contributed by atoms with Crippen LogP contribution < -0.4 is 16.4 Å². The number of carbonyl (C=O) groups is 1. The molecule has 0 saturated heterocycles. The van der Waals surface area contributed by atoms with Gasteiger partial charge in [0.1, 0.15) is 5.56 Å². The number of halogens is 1. The average Bonchev–Trinajstić information content (AvgIpc) is 2.63. The fourth-order valence-corrected chi connectivity index (χ4v) is 2.67. The lowest BCUT2D eigenvalue weighted by Crippen LogP contribution is -2.31. The minimum absolute atomic E-state index is 0.0208. The number of H-pyrrole nitrogens is 1. The van der Waals surface area contributed by atoms with E-state index in [0.29, 0.717) is 5.69 Å². The van der Waals surface area contributed by atoms with Crippen LogP contribution in [-0.2, 0) is 0 Å². The van der Waals surface area contributed by atoms with E-state index in [0.717, 1.165) is 22.4 Å². The number of aryl methyl sites for hydroxylation is 1. The minimum Gasteiger partial charge on any atom is -0.545 e. The summed E-state index contributed by atoms with van der Waals surface area (Å²) < 4.78 is 0.927. The lowest BCUT2D eigenvalue weighted by atomic mass is 10.2. The minimum atomic E-state index is -1.48. The fourth-order valence-electron chi connectivity index (χ4n) is 2.48. The van der Waals surface area contributed by atoms with Gasteiger partial charge in [0.25, 0.3) is 5.56 Å². The van der Waals surface area contributed by atoms with Crippen LogP contribution in [0.1, 0.15) is 21.5 Å². The van der Waals surface area contributed by atoms with Gasteiger partial charge >= 0.3 is 5.69 Å². The number of carboxylic acid groups (broad SMARTS) is 1. The topological polar surface area (TPSA) is 128 Å². The molecule has 3 rings (SSSR count). The first kappa shape index (κ1) is 19.1. The number of nitrogens with one attached hydrogen (secondary N) is 1. The Morgan fingerprint density at radius 2 is 1.89 bits per heavy atom. The standard InChI is InChI=1S/C19H14ClN3O5/c1-10-2-5-12(6-3-10)23-17(25)14(16(24)22-19(23)28)9-21-11-4-7-15(20)13(8-11)18(26)27/h2-9,25H,1H3,(H,26,27)(H,22,24,28)/p-1. The first-order valence-corrected chi connectivity index (χ1v) is 8.36. The molecule has 0 bridgehead atoms. The number of aromatic hydroxyl groups is 1. The number of hydrogen-bond donors (Lipinski definition) is 2. The molecule has 1 aromatic heterocycles. The van der Waals surface area contributed by atoms with Crippen molar-refractivity contribution in [2.45, 2.75) is 6.92 Å². The molecule has 0 amide bonds. The second-order valence-electron chi connectivity index (χ2n) is 5.88. The van der Waals surface area contributed by atoms with Gasteiger partial charge < -0.3 is 15.0 Å². The molecule has 9 heteroatoms. The SMILES string of the molecule is Cc1ccc(-n2c(O)c(C=Nc3ccc(Cl)c(C(=O)[O-])c3)c(=O)[nH]c2=O)cc1. The maximum absolute atomic E-state index is 12.1. The highest BCUT2D eigenvalue weighted by Crippen LogP contribution is 2.22. The van der Waals surface area contributed by atoms with Crippen molar-refractivity contribution in [2.75, 3.05) is 0 Å². The summed E-state index contributed by atoms with van der Waals surface area (Å²) in [4.78, 5) is 41.4. The van der Waals surface area contributed by atoms with Gasteiger partial charge in [0.2, 0.25) is 5.88 Å². The number of carbonyl (C=O) groups excluding carboxylic acids is 1. The number of aromatic nitrogens is 2. The highest BCUT2D eigenvalue weighted by Gasteiger charge is 2.14. The van der Waals surface area contributed by atoms with Crippen molar-refractivity contribution in [1.82, 2.24) is 9.55 Å². The molecule has 28 heavy (non-hydrogen) atoms. The zero-order valence-corrected chi connectivity index (χ0v) is 15.2. The van der Waals surface area contributed by atoms with Crippen LogP contribution in [0.2, 0.25) is 5.02 Å². The van der Waals surface area contributed by atoms with Gasteiger partial charge in [-0.1, -0.05) is 29.3 Å². The molecule has 0 fully saturated rings. The second kappa shape index (κ2) is 7.53. The van der Waals surface area contributed by atoms with E-state index in [1.165, 1.54) is 12.1 Å². The molecule has 1 heterocycles. The molecular weight excluding hydrogens is 386 g/mol. The van der Waals surface area contributed by atoms with Crippen LogP contribution in [0.15, 0.2) is 57.0 Å². The monoisotopic (exact) mass is 398 g/mol. The van der Waals surface area contributed by atoms with Gasteiger partial charge in [-0.25, -0.2) is 9.36 Å². The normalized spacial score (nSPS) is 11.1. The van der Waals surface area contributed by atoms with Crippen LogP contribution in [0.25, 0.3) is 5.69 Å². The van der Waals surface area contributed by atoms with Crippen LogP contribution in [0.3, 0.4) is 0 Å². The number of benzene rings is 2. The smallest absolute Gasteiger partial charge is 0.335 e. The first-order chi connectivity index (χ1) is 13.3. The predicted molar refractivity (Wildman–Crippen MR) is 102 cm³/mol. The molecule has 0 saturated carbocycles. The highest BCUT2D eigenvalue weighted by molar-refractivity contribution is 6.33. The molecule has 0 atom stereocenters. The Morgan fingerprint density at radius 3 is 2.54 bits per heavy atom. The summed E-state index contributed by atoms with van der Waals surface area (Å²) in [6.07, 6.45) is 1.03. The number of nitrogens with zero attached hydrogens (tertiary/aromatic N) is 2. The van der Waals surface area contributed by atoms with Gasteiger partial charge in [-0.05, 0) is 37.3 Å². The Labute approximate surface area is 163 Å². The van der Waals surface area contributed by atoms with Crippen LogP contribution in [0, 0.1) is 6.92 Å². The van der Waals surface area contributed by atoms with Crippen LogP contribution in [0.5, 0.6) is 5.88 Å². The average molecular weight is 399 g/mol. The van der Waals surface area contributed by atoms with Gasteiger partial charge in [-0.15, -0.1) is 0 Å². The number of carboxylic acids is 1. The molecule has 0 aliphatic carbocycles. The van der Waals surface area contributed by atoms with E-state index in [1.54, 1.807) is 24.3 Å². The van der Waals surface area contributed by atoms with Crippen molar-refractivity contribution >= 4 is 29.5 Å². The summed E-state index contributed by atoms with van der Waals surface area (Å²) in [7, 11) is 0. The summed E-state index contributed by atoms with van der Waals surface area (Å²) in [5, 5.41) is 21.5. The number of hydrogen-bond acceptors (Lipinski definition) is 6. The fraction of sp³-hybridized carbons (Fsp3) is 0.0526. The third kappa shape index (κ3) is 3.72. The van der Waals surface area contributed by atoms with E-state index in [4.69, 9.17) is 11.6 Å². The van der Waals surface area contributed by atoms with Crippen molar-refractivity contribution in [3.05, 3.63) is 85.0 Å². The lowest BCUT2D eigenvalue weighted by molar-refractivity contribution is -0.255. The summed E-state index contributed by atoms with van der Waals surface area (Å²) in [5.74, 6) is -2.08.